The molecule has 1 aliphatic rings. The minimum atomic E-state index is -4.96. The van der Waals surface area contributed by atoms with E-state index in [0.29, 0.717) is 0 Å². The first kappa shape index (κ1) is 18.4. The van der Waals surface area contributed by atoms with Crippen molar-refractivity contribution in [3.8, 4) is 0 Å². The molecule has 5 nitrogen and oxygen atoms in total. The van der Waals surface area contributed by atoms with Gasteiger partial charge < -0.3 is 10.1 Å². The van der Waals surface area contributed by atoms with E-state index in [-0.39, 0.29) is 16.3 Å². The number of alkyl halides is 3. The minimum absolute atomic E-state index is 0.0456. The Morgan fingerprint density at radius 1 is 1.33 bits per heavy atom. The van der Waals surface area contributed by atoms with Crippen LogP contribution in [0, 0.1) is 5.41 Å². The van der Waals surface area contributed by atoms with Crippen LogP contribution in [-0.4, -0.2) is 24.7 Å². The molecule has 0 fully saturated rings. The highest BCUT2D eigenvalue weighted by Gasteiger charge is 2.62. The summed E-state index contributed by atoms with van der Waals surface area (Å²) in [6.45, 7) is 3.72. The Hall–Kier alpha value is -1.96. The first-order chi connectivity index (χ1) is 10.9. The fraction of sp³-hybridized carbons (Fsp3) is 0.467. The van der Waals surface area contributed by atoms with Gasteiger partial charge in [0.2, 0.25) is 5.91 Å². The summed E-state index contributed by atoms with van der Waals surface area (Å²) < 4.78 is 46.1. The number of fused-ring (bicyclic) bond motifs is 1. The Bertz CT molecular complexity index is 686. The lowest BCUT2D eigenvalue weighted by molar-refractivity contribution is -0.262. The maximum atomic E-state index is 13.8. The summed E-state index contributed by atoms with van der Waals surface area (Å²) in [5.74, 6) is -0.607. The van der Waals surface area contributed by atoms with Crippen molar-refractivity contribution in [2.45, 2.75) is 32.5 Å². The highest BCUT2D eigenvalue weighted by atomic mass is 35.5. The number of cyclic esters (lactones) is 1. The van der Waals surface area contributed by atoms with Gasteiger partial charge in [-0.3, -0.25) is 10.1 Å². The Morgan fingerprint density at radius 2 is 1.96 bits per heavy atom. The molecule has 1 heterocycles. The van der Waals surface area contributed by atoms with Crippen LogP contribution in [0.5, 0.6) is 0 Å². The molecule has 0 bridgehead atoms. The van der Waals surface area contributed by atoms with Gasteiger partial charge in [0, 0.05) is 16.0 Å². The Balaban J connectivity index is 2.52. The Labute approximate surface area is 141 Å². The molecule has 132 valence electrons. The summed E-state index contributed by atoms with van der Waals surface area (Å²) in [6.07, 6.45) is -6.22. The van der Waals surface area contributed by atoms with Crippen LogP contribution in [0.1, 0.15) is 26.3 Å². The number of halogens is 4. The predicted octanol–water partition coefficient (Wildman–Crippen LogP) is 3.82. The Morgan fingerprint density at radius 3 is 2.50 bits per heavy atom. The molecule has 0 saturated heterocycles. The molecule has 24 heavy (non-hydrogen) atoms. The van der Waals surface area contributed by atoms with E-state index in [9.17, 15) is 22.8 Å². The SMILES string of the molecule is CC(C)(C)C(=O)NCC1(C(F)(F)F)OC(=O)Nc2ccc(Cl)cc21. The third kappa shape index (κ3) is 3.28. The molecule has 2 rings (SSSR count). The zero-order chi connectivity index (χ0) is 18.3. The van der Waals surface area contributed by atoms with Crippen molar-refractivity contribution < 1.29 is 27.5 Å². The summed E-state index contributed by atoms with van der Waals surface area (Å²) in [6, 6.07) is 3.66. The third-order valence-electron chi connectivity index (χ3n) is 3.56. The predicted molar refractivity (Wildman–Crippen MR) is 81.8 cm³/mol. The van der Waals surface area contributed by atoms with Crippen LogP contribution in [0.2, 0.25) is 5.02 Å². The fourth-order valence-corrected chi connectivity index (χ4v) is 2.39. The quantitative estimate of drug-likeness (QED) is 0.838. The van der Waals surface area contributed by atoms with Crippen molar-refractivity contribution in [3.63, 3.8) is 0 Å². The van der Waals surface area contributed by atoms with E-state index < -0.39 is 35.7 Å². The number of ether oxygens (including phenoxy) is 1. The van der Waals surface area contributed by atoms with Gasteiger partial charge in [0.15, 0.2) is 0 Å². The van der Waals surface area contributed by atoms with E-state index in [0.717, 1.165) is 6.07 Å². The number of anilines is 1. The lowest BCUT2D eigenvalue weighted by Gasteiger charge is -2.40. The Kier molecular flexibility index (Phi) is 4.47. The number of amides is 2. The molecule has 1 atom stereocenters. The van der Waals surface area contributed by atoms with Gasteiger partial charge in [-0.2, -0.15) is 13.2 Å². The number of hydrogen-bond acceptors (Lipinski definition) is 3. The molecule has 1 unspecified atom stereocenters. The van der Waals surface area contributed by atoms with Gasteiger partial charge in [-0.05, 0) is 18.2 Å². The van der Waals surface area contributed by atoms with Crippen LogP contribution < -0.4 is 10.6 Å². The largest absolute Gasteiger partial charge is 0.434 e. The van der Waals surface area contributed by atoms with E-state index >= 15 is 0 Å². The zero-order valence-corrected chi connectivity index (χ0v) is 13.9. The molecule has 2 N–H and O–H groups in total. The summed E-state index contributed by atoms with van der Waals surface area (Å²) >= 11 is 5.80. The number of carbonyl (C=O) groups is 2. The highest BCUT2D eigenvalue weighted by Crippen LogP contribution is 2.47. The minimum Gasteiger partial charge on any atom is -0.426 e. The van der Waals surface area contributed by atoms with Crippen molar-refractivity contribution in [3.05, 3.63) is 28.8 Å². The average molecular weight is 365 g/mol. The fourth-order valence-electron chi connectivity index (χ4n) is 2.22. The van der Waals surface area contributed by atoms with Crippen LogP contribution in [0.25, 0.3) is 0 Å². The molecular formula is C15H16ClF3N2O3. The second-order valence-corrected chi connectivity index (χ2v) is 6.90. The van der Waals surface area contributed by atoms with E-state index in [1.165, 1.54) is 12.1 Å². The summed E-state index contributed by atoms with van der Waals surface area (Å²) in [4.78, 5) is 23.6. The van der Waals surface area contributed by atoms with Gasteiger partial charge in [-0.25, -0.2) is 4.79 Å². The maximum Gasteiger partial charge on any atom is 0.434 e. The summed E-state index contributed by atoms with van der Waals surface area (Å²) in [7, 11) is 0. The molecule has 0 spiro atoms. The number of nitrogens with one attached hydrogen (secondary N) is 2. The van der Waals surface area contributed by atoms with E-state index in [1.54, 1.807) is 20.8 Å². The number of benzene rings is 1. The van der Waals surface area contributed by atoms with Gasteiger partial charge in [0.05, 0.1) is 12.2 Å². The number of carbonyl (C=O) groups excluding carboxylic acids is 2. The van der Waals surface area contributed by atoms with Crippen LogP contribution >= 0.6 is 11.6 Å². The van der Waals surface area contributed by atoms with Crippen LogP contribution in [0.3, 0.4) is 0 Å². The van der Waals surface area contributed by atoms with Crippen molar-refractivity contribution in [1.29, 1.82) is 0 Å². The normalized spacial score (nSPS) is 20.7. The van der Waals surface area contributed by atoms with Gasteiger partial charge in [0.1, 0.15) is 0 Å². The lowest BCUT2D eigenvalue weighted by Crippen LogP contribution is -2.57. The monoisotopic (exact) mass is 364 g/mol. The van der Waals surface area contributed by atoms with Gasteiger partial charge in [-0.1, -0.05) is 32.4 Å². The smallest absolute Gasteiger partial charge is 0.426 e. The first-order valence-electron chi connectivity index (χ1n) is 7.02. The standard InChI is InChI=1S/C15H16ClF3N2O3/c1-13(2,3)11(22)20-7-14(15(17,18)19)9-6-8(16)4-5-10(9)21-12(23)24-14/h4-6H,7H2,1-3H3,(H,20,22)(H,21,23). The summed E-state index contributed by atoms with van der Waals surface area (Å²) in [5, 5.41) is 4.46. The second kappa shape index (κ2) is 5.84. The van der Waals surface area contributed by atoms with Gasteiger partial charge in [0.25, 0.3) is 5.60 Å². The zero-order valence-electron chi connectivity index (χ0n) is 13.2. The van der Waals surface area contributed by atoms with E-state index in [1.807, 2.05) is 0 Å². The van der Waals surface area contributed by atoms with Crippen molar-refractivity contribution >= 4 is 29.3 Å². The third-order valence-corrected chi connectivity index (χ3v) is 3.79. The molecule has 2 amide bonds. The van der Waals surface area contributed by atoms with Crippen molar-refractivity contribution in [2.75, 3.05) is 11.9 Å². The number of hydrogen-bond donors (Lipinski definition) is 2. The van der Waals surface area contributed by atoms with Crippen molar-refractivity contribution in [2.24, 2.45) is 5.41 Å². The molecular weight excluding hydrogens is 349 g/mol. The topological polar surface area (TPSA) is 67.4 Å². The molecule has 1 aliphatic heterocycles. The molecule has 9 heteroatoms. The molecule has 0 radical (unpaired) electrons. The molecule has 0 saturated carbocycles. The lowest BCUT2D eigenvalue weighted by atomic mass is 9.88. The average Bonchev–Trinajstić information content (AvgIpc) is 2.42. The summed E-state index contributed by atoms with van der Waals surface area (Å²) in [5.41, 5.74) is -4.36. The first-order valence-corrected chi connectivity index (χ1v) is 7.40. The van der Waals surface area contributed by atoms with Crippen LogP contribution in [0.15, 0.2) is 18.2 Å². The second-order valence-electron chi connectivity index (χ2n) is 6.46. The van der Waals surface area contributed by atoms with Gasteiger partial charge >= 0.3 is 12.3 Å². The molecule has 0 aromatic heterocycles. The van der Waals surface area contributed by atoms with E-state index in [4.69, 9.17) is 11.6 Å². The highest BCUT2D eigenvalue weighted by molar-refractivity contribution is 6.30. The van der Waals surface area contributed by atoms with Gasteiger partial charge in [-0.15, -0.1) is 0 Å². The number of rotatable bonds is 2. The van der Waals surface area contributed by atoms with Crippen LogP contribution in [-0.2, 0) is 15.1 Å². The molecule has 0 aliphatic carbocycles. The van der Waals surface area contributed by atoms with Crippen molar-refractivity contribution in [1.82, 2.24) is 5.32 Å². The maximum absolute atomic E-state index is 13.8. The van der Waals surface area contributed by atoms with E-state index in [2.05, 4.69) is 15.4 Å². The molecule has 1 aromatic rings. The van der Waals surface area contributed by atoms with Crippen LogP contribution in [0.4, 0.5) is 23.7 Å². The molecule has 1 aromatic carbocycles.